The summed E-state index contributed by atoms with van der Waals surface area (Å²) in [6.45, 7) is 2.17. The van der Waals surface area contributed by atoms with Crippen LogP contribution >= 0.6 is 22.9 Å². The van der Waals surface area contributed by atoms with Crippen molar-refractivity contribution < 1.29 is 18.4 Å². The van der Waals surface area contributed by atoms with Crippen molar-refractivity contribution in [3.63, 3.8) is 0 Å². The lowest BCUT2D eigenvalue weighted by molar-refractivity contribution is -0.121. The topological polar surface area (TPSA) is 83.7 Å². The molecule has 0 radical (unpaired) electrons. The van der Waals surface area contributed by atoms with Crippen molar-refractivity contribution in [1.82, 2.24) is 4.98 Å². The van der Waals surface area contributed by atoms with Gasteiger partial charge in [0.2, 0.25) is 5.76 Å². The lowest BCUT2D eigenvalue weighted by Crippen LogP contribution is -2.53. The summed E-state index contributed by atoms with van der Waals surface area (Å²) < 4.78 is 21.1. The summed E-state index contributed by atoms with van der Waals surface area (Å²) in [7, 11) is 0. The normalized spacial score (nSPS) is 17.5. The van der Waals surface area contributed by atoms with Crippen LogP contribution in [0, 0.1) is 12.7 Å². The third kappa shape index (κ3) is 3.52. The van der Waals surface area contributed by atoms with Crippen LogP contribution in [0.5, 0.6) is 0 Å². The van der Waals surface area contributed by atoms with Gasteiger partial charge in [-0.1, -0.05) is 71.0 Å². The van der Waals surface area contributed by atoms with E-state index in [1.54, 1.807) is 47.4 Å². The smallest absolute Gasteiger partial charge is 0.297 e. The van der Waals surface area contributed by atoms with Gasteiger partial charge in [0.15, 0.2) is 16.1 Å². The number of rotatable bonds is 3. The summed E-state index contributed by atoms with van der Waals surface area (Å²) in [6.07, 6.45) is 0. The molecule has 2 aliphatic heterocycles. The Bertz CT molecular complexity index is 2250. The number of carbonyl (C=O) groups excluding carboxylic acids is 2. The molecule has 1 spiro atoms. The highest BCUT2D eigenvalue weighted by molar-refractivity contribution is 7.22. The zero-order valence-corrected chi connectivity index (χ0v) is 24.0. The molecule has 0 fully saturated rings. The van der Waals surface area contributed by atoms with Gasteiger partial charge in [-0.05, 0) is 55.0 Å². The lowest BCUT2D eigenvalue weighted by atomic mass is 9.84. The summed E-state index contributed by atoms with van der Waals surface area (Å²) in [4.78, 5) is 51.3. The predicted molar refractivity (Wildman–Crippen MR) is 163 cm³/mol. The highest BCUT2D eigenvalue weighted by Gasteiger charge is 2.66. The first kappa shape index (κ1) is 25.8. The first-order chi connectivity index (χ1) is 20.8. The number of nitrogens with zero attached hydrogens (tertiary/aromatic N) is 3. The first-order valence-corrected chi connectivity index (χ1v) is 14.6. The Hall–Kier alpha value is -4.86. The van der Waals surface area contributed by atoms with Crippen LogP contribution in [0.1, 0.15) is 32.8 Å². The Morgan fingerprint density at radius 1 is 0.977 bits per heavy atom. The largest absolute Gasteiger partial charge is 0.450 e. The highest BCUT2D eigenvalue weighted by atomic mass is 35.5. The maximum atomic E-state index is 15.0. The summed E-state index contributed by atoms with van der Waals surface area (Å²) in [5.74, 6) is -2.12. The maximum Gasteiger partial charge on any atom is 0.297 e. The molecule has 0 N–H and O–H groups in total. The van der Waals surface area contributed by atoms with Gasteiger partial charge in [0.1, 0.15) is 11.4 Å². The van der Waals surface area contributed by atoms with Crippen LogP contribution < -0.4 is 15.2 Å². The second kappa shape index (κ2) is 9.07. The van der Waals surface area contributed by atoms with E-state index in [9.17, 15) is 14.0 Å². The number of para-hydroxylation sites is 1. The molecule has 8 rings (SSSR count). The summed E-state index contributed by atoms with van der Waals surface area (Å²) >= 11 is 7.42. The third-order valence-corrected chi connectivity index (χ3v) is 9.32. The number of carbonyl (C=O) groups is 2. The number of thiazole rings is 1. The van der Waals surface area contributed by atoms with Crippen LogP contribution in [-0.2, 0) is 16.9 Å². The Morgan fingerprint density at radius 3 is 2.58 bits per heavy atom. The number of amides is 2. The number of hydrogen-bond donors (Lipinski definition) is 0. The fourth-order valence-corrected chi connectivity index (χ4v) is 7.44. The molecule has 6 aromatic rings. The lowest BCUT2D eigenvalue weighted by Gasteiger charge is -2.32. The number of hydrogen-bond acceptors (Lipinski definition) is 6. The van der Waals surface area contributed by atoms with E-state index in [1.807, 2.05) is 31.2 Å². The average molecular weight is 608 g/mol. The molecule has 0 aliphatic carbocycles. The molecule has 10 heteroatoms. The molecule has 1 unspecified atom stereocenters. The van der Waals surface area contributed by atoms with E-state index in [0.29, 0.717) is 26.5 Å². The van der Waals surface area contributed by atoms with E-state index in [2.05, 4.69) is 0 Å². The zero-order valence-electron chi connectivity index (χ0n) is 22.4. The Balaban J connectivity index is 1.45. The van der Waals surface area contributed by atoms with Crippen LogP contribution in [0.25, 0.3) is 21.2 Å². The van der Waals surface area contributed by atoms with Gasteiger partial charge in [-0.25, -0.2) is 9.37 Å². The maximum absolute atomic E-state index is 15.0. The van der Waals surface area contributed by atoms with Crippen LogP contribution in [0.4, 0.5) is 15.2 Å². The summed E-state index contributed by atoms with van der Waals surface area (Å²) in [5, 5.41) is 0.625. The van der Waals surface area contributed by atoms with Crippen LogP contribution in [0.2, 0.25) is 5.02 Å². The quantitative estimate of drug-likeness (QED) is 0.217. The zero-order chi connectivity index (χ0) is 29.6. The Labute approximate surface area is 252 Å². The first-order valence-electron chi connectivity index (χ1n) is 13.4. The molecule has 4 heterocycles. The van der Waals surface area contributed by atoms with Crippen molar-refractivity contribution in [3.8, 4) is 0 Å². The van der Waals surface area contributed by atoms with Crippen molar-refractivity contribution in [3.05, 3.63) is 134 Å². The number of benzene rings is 4. The summed E-state index contributed by atoms with van der Waals surface area (Å²) in [6, 6.07) is 23.5. The number of aryl methyl sites for hydroxylation is 1. The van der Waals surface area contributed by atoms with Crippen molar-refractivity contribution in [2.75, 3.05) is 9.80 Å². The van der Waals surface area contributed by atoms with Crippen LogP contribution in [0.15, 0.2) is 94.1 Å². The minimum atomic E-state index is -1.94. The highest BCUT2D eigenvalue weighted by Crippen LogP contribution is 2.55. The van der Waals surface area contributed by atoms with E-state index < -0.39 is 28.6 Å². The van der Waals surface area contributed by atoms with Crippen LogP contribution in [-0.4, -0.2) is 16.8 Å². The van der Waals surface area contributed by atoms with Gasteiger partial charge in [0, 0.05) is 10.6 Å². The van der Waals surface area contributed by atoms with Crippen LogP contribution in [0.3, 0.4) is 0 Å². The van der Waals surface area contributed by atoms with E-state index in [0.717, 1.165) is 23.3 Å². The monoisotopic (exact) mass is 607 g/mol. The second-order valence-corrected chi connectivity index (χ2v) is 12.1. The van der Waals surface area contributed by atoms with Gasteiger partial charge in [0.25, 0.3) is 11.8 Å². The van der Waals surface area contributed by atoms with E-state index in [4.69, 9.17) is 21.0 Å². The molecule has 2 amide bonds. The fourth-order valence-electron chi connectivity index (χ4n) is 6.15. The Morgan fingerprint density at radius 2 is 1.77 bits per heavy atom. The molecular weight excluding hydrogens is 589 g/mol. The van der Waals surface area contributed by atoms with Gasteiger partial charge in [0.05, 0.1) is 33.4 Å². The average Bonchev–Trinajstić information content (AvgIpc) is 3.60. The minimum Gasteiger partial charge on any atom is -0.450 e. The standard InChI is InChI=1S/C33H19ClFN3O4S/c1-17-6-8-18(9-7-17)16-37-24-5-3-2-4-22(24)33(31(37)41)27-28(39)21-15-20(35)11-13-25(21)42-29(27)30(40)38(33)32-36-23-12-10-19(34)14-26(23)43-32/h2-15H,16H2,1H3. The molecule has 0 saturated carbocycles. The van der Waals surface area contributed by atoms with Crippen molar-refractivity contribution in [2.24, 2.45) is 0 Å². The number of fused-ring (bicyclic) bond motifs is 6. The van der Waals surface area contributed by atoms with Crippen molar-refractivity contribution in [1.29, 1.82) is 0 Å². The SMILES string of the molecule is Cc1ccc(CN2C(=O)C3(c4ccccc42)c2c(oc4ccc(F)cc4c2=O)C(=O)N3c2nc3ccc(Cl)cc3s2)cc1. The van der Waals surface area contributed by atoms with Gasteiger partial charge in [-0.15, -0.1) is 0 Å². The Kier molecular flexibility index (Phi) is 5.44. The number of aromatic nitrogens is 1. The molecule has 0 bridgehead atoms. The molecule has 43 heavy (non-hydrogen) atoms. The van der Waals surface area contributed by atoms with Gasteiger partial charge >= 0.3 is 0 Å². The predicted octanol–water partition coefficient (Wildman–Crippen LogP) is 6.95. The third-order valence-electron chi connectivity index (χ3n) is 8.08. The van der Waals surface area contributed by atoms with Gasteiger partial charge in [-0.2, -0.15) is 0 Å². The fraction of sp³-hybridized carbons (Fsp3) is 0.0909. The molecule has 0 saturated heterocycles. The molecule has 2 aromatic heterocycles. The van der Waals surface area contributed by atoms with Crippen molar-refractivity contribution in [2.45, 2.75) is 19.0 Å². The van der Waals surface area contributed by atoms with E-state index in [1.165, 1.54) is 22.3 Å². The molecule has 2 aliphatic rings. The number of anilines is 2. The molecular formula is C33H19ClFN3O4S. The summed E-state index contributed by atoms with van der Waals surface area (Å²) in [5.41, 5.74) is 0.777. The van der Waals surface area contributed by atoms with Gasteiger partial charge < -0.3 is 9.32 Å². The van der Waals surface area contributed by atoms with Crippen molar-refractivity contribution >= 4 is 66.8 Å². The molecule has 1 atom stereocenters. The molecule has 4 aromatic carbocycles. The minimum absolute atomic E-state index is 0.0434. The van der Waals surface area contributed by atoms with Gasteiger partial charge in [-0.3, -0.25) is 19.3 Å². The molecule has 210 valence electrons. The number of halogens is 2. The second-order valence-electron chi connectivity index (χ2n) is 10.6. The van der Waals surface area contributed by atoms with E-state index in [-0.39, 0.29) is 34.0 Å². The van der Waals surface area contributed by atoms with E-state index >= 15 is 4.79 Å². The molecule has 7 nitrogen and oxygen atoms in total.